The lowest BCUT2D eigenvalue weighted by Gasteiger charge is -2.38. The molecular weight excluding hydrogens is 500 g/mol. The number of sulfone groups is 1. The summed E-state index contributed by atoms with van der Waals surface area (Å²) in [6.07, 6.45) is 0.553. The number of benzene rings is 3. The van der Waals surface area contributed by atoms with Crippen LogP contribution in [0, 0.1) is 12.8 Å². The summed E-state index contributed by atoms with van der Waals surface area (Å²) in [7, 11) is -3.81. The van der Waals surface area contributed by atoms with Gasteiger partial charge in [-0.1, -0.05) is 53.6 Å². The van der Waals surface area contributed by atoms with Gasteiger partial charge in [0.1, 0.15) is 17.7 Å². The number of amides is 1. The Labute approximate surface area is 216 Å². The summed E-state index contributed by atoms with van der Waals surface area (Å²) in [5, 5.41) is 8.85. The first-order valence-electron chi connectivity index (χ1n) is 11.7. The van der Waals surface area contributed by atoms with Gasteiger partial charge in [0.05, 0.1) is 4.90 Å². The molecule has 2 unspecified atom stereocenters. The molecule has 1 saturated heterocycles. The van der Waals surface area contributed by atoms with Crippen LogP contribution in [0.4, 0.5) is 0 Å². The van der Waals surface area contributed by atoms with E-state index in [9.17, 15) is 13.2 Å². The zero-order valence-electron chi connectivity index (χ0n) is 19.9. The van der Waals surface area contributed by atoms with E-state index in [1.807, 2.05) is 48.2 Å². The molecule has 1 amide bonds. The number of carbonyl (C=O) groups excluding carboxylic acids is 1. The van der Waals surface area contributed by atoms with Crippen LogP contribution >= 0.6 is 11.6 Å². The molecule has 0 aromatic heterocycles. The van der Waals surface area contributed by atoms with Crippen molar-refractivity contribution in [1.29, 1.82) is 0 Å². The van der Waals surface area contributed by atoms with E-state index < -0.39 is 27.0 Å². The summed E-state index contributed by atoms with van der Waals surface area (Å²) in [5.74, 6) is -0.608. The summed E-state index contributed by atoms with van der Waals surface area (Å²) >= 11 is 5.91. The molecule has 2 N–H and O–H groups in total. The maximum Gasteiger partial charge on any atom is 0.246 e. The number of aryl methyl sites for hydroxylation is 1. The highest BCUT2D eigenvalue weighted by Crippen LogP contribution is 2.32. The molecule has 2 atom stereocenters. The van der Waals surface area contributed by atoms with E-state index in [0.29, 0.717) is 36.9 Å². The van der Waals surface area contributed by atoms with Crippen molar-refractivity contribution in [2.24, 2.45) is 5.92 Å². The number of halogens is 1. The molecular formula is C27H29ClN2O5S. The van der Waals surface area contributed by atoms with Crippen LogP contribution in [-0.4, -0.2) is 36.4 Å². The molecule has 1 heterocycles. The molecule has 3 aromatic rings. The molecule has 0 aliphatic carbocycles. The van der Waals surface area contributed by atoms with Gasteiger partial charge in [-0.2, -0.15) is 0 Å². The Morgan fingerprint density at radius 3 is 2.31 bits per heavy atom. The number of hydroxylamine groups is 1. The summed E-state index contributed by atoms with van der Waals surface area (Å²) in [6.45, 7) is 3.19. The van der Waals surface area contributed by atoms with Gasteiger partial charge in [0.2, 0.25) is 5.91 Å². The molecule has 1 fully saturated rings. The van der Waals surface area contributed by atoms with E-state index in [4.69, 9.17) is 21.5 Å². The Morgan fingerprint density at radius 1 is 1.03 bits per heavy atom. The molecule has 3 aromatic carbocycles. The van der Waals surface area contributed by atoms with Gasteiger partial charge in [-0.15, -0.1) is 0 Å². The normalized spacial score (nSPS) is 18.5. The fraction of sp³-hybridized carbons (Fsp3) is 0.296. The number of ether oxygens (including phenoxy) is 1. The number of hydrogen-bond donors (Lipinski definition) is 2. The summed E-state index contributed by atoms with van der Waals surface area (Å²) in [4.78, 5) is 14.2. The van der Waals surface area contributed by atoms with Gasteiger partial charge in [-0.05, 0) is 67.3 Å². The SMILES string of the molecule is Cc1ccc(CN2CCC(C(=O)NO)CC2S(=O)(=O)c2ccc(OCc3ccc(Cl)cc3)cc2)cc1. The van der Waals surface area contributed by atoms with E-state index in [2.05, 4.69) is 0 Å². The standard InChI is InChI=1S/C27H29ClN2O5S/c1-19-2-4-20(5-3-19)17-30-15-14-22(27(31)29-32)16-26(30)36(33,34)25-12-10-24(11-13-25)35-18-21-6-8-23(28)9-7-21/h2-13,22,26,32H,14-18H2,1H3,(H,29,31). The summed E-state index contributed by atoms with van der Waals surface area (Å²) < 4.78 is 33.3. The minimum absolute atomic E-state index is 0.0927. The van der Waals surface area contributed by atoms with Crippen molar-refractivity contribution in [3.8, 4) is 5.75 Å². The Morgan fingerprint density at radius 2 is 1.67 bits per heavy atom. The molecule has 190 valence electrons. The quantitative estimate of drug-likeness (QED) is 0.324. The largest absolute Gasteiger partial charge is 0.489 e. The Bertz CT molecular complexity index is 1280. The molecule has 36 heavy (non-hydrogen) atoms. The van der Waals surface area contributed by atoms with Crippen molar-refractivity contribution < 1.29 is 23.2 Å². The molecule has 1 aliphatic heterocycles. The van der Waals surface area contributed by atoms with Crippen LogP contribution in [0.5, 0.6) is 5.75 Å². The molecule has 4 rings (SSSR count). The number of hydrogen-bond acceptors (Lipinski definition) is 6. The van der Waals surface area contributed by atoms with Gasteiger partial charge >= 0.3 is 0 Å². The van der Waals surface area contributed by atoms with Crippen molar-refractivity contribution in [3.63, 3.8) is 0 Å². The minimum atomic E-state index is -3.81. The highest BCUT2D eigenvalue weighted by molar-refractivity contribution is 7.92. The van der Waals surface area contributed by atoms with E-state index in [1.54, 1.807) is 29.7 Å². The third-order valence-electron chi connectivity index (χ3n) is 6.47. The first-order chi connectivity index (χ1) is 17.3. The van der Waals surface area contributed by atoms with Crippen LogP contribution < -0.4 is 10.2 Å². The third-order valence-corrected chi connectivity index (χ3v) is 8.86. The minimum Gasteiger partial charge on any atom is -0.489 e. The maximum atomic E-state index is 13.7. The van der Waals surface area contributed by atoms with Crippen LogP contribution in [-0.2, 0) is 27.8 Å². The Balaban J connectivity index is 1.52. The molecule has 0 radical (unpaired) electrons. The van der Waals surface area contributed by atoms with Crippen LogP contribution in [0.15, 0.2) is 77.7 Å². The van der Waals surface area contributed by atoms with E-state index >= 15 is 0 Å². The number of carbonyl (C=O) groups is 1. The van der Waals surface area contributed by atoms with Crippen molar-refractivity contribution in [2.45, 2.75) is 43.2 Å². The summed E-state index contributed by atoms with van der Waals surface area (Å²) in [5.41, 5.74) is 4.74. The number of nitrogens with zero attached hydrogens (tertiary/aromatic N) is 1. The lowest BCUT2D eigenvalue weighted by Crippen LogP contribution is -2.49. The van der Waals surface area contributed by atoms with Crippen LogP contribution in [0.25, 0.3) is 0 Å². The number of likely N-dealkylation sites (tertiary alicyclic amines) is 1. The molecule has 9 heteroatoms. The average Bonchev–Trinajstić information content (AvgIpc) is 2.89. The molecule has 0 saturated carbocycles. The van der Waals surface area contributed by atoms with Crippen molar-refractivity contribution in [1.82, 2.24) is 10.4 Å². The number of rotatable bonds is 8. The van der Waals surface area contributed by atoms with Crippen LogP contribution in [0.3, 0.4) is 0 Å². The van der Waals surface area contributed by atoms with E-state index in [0.717, 1.165) is 16.7 Å². The van der Waals surface area contributed by atoms with Gasteiger partial charge in [0.25, 0.3) is 0 Å². The number of nitrogens with one attached hydrogen (secondary N) is 1. The molecule has 1 aliphatic rings. The Kier molecular flexibility index (Phi) is 8.31. The first-order valence-corrected chi connectivity index (χ1v) is 13.6. The van der Waals surface area contributed by atoms with E-state index in [-0.39, 0.29) is 11.3 Å². The Hall–Kier alpha value is -2.91. The van der Waals surface area contributed by atoms with Gasteiger partial charge in [-0.25, -0.2) is 13.9 Å². The average molecular weight is 529 g/mol. The molecule has 0 bridgehead atoms. The first kappa shape index (κ1) is 26.2. The van der Waals surface area contributed by atoms with Gasteiger partial charge in [0, 0.05) is 24.0 Å². The van der Waals surface area contributed by atoms with Crippen molar-refractivity contribution in [2.75, 3.05) is 6.54 Å². The fourth-order valence-electron chi connectivity index (χ4n) is 4.37. The third kappa shape index (κ3) is 6.25. The van der Waals surface area contributed by atoms with E-state index in [1.165, 1.54) is 12.1 Å². The molecule has 0 spiro atoms. The zero-order valence-corrected chi connectivity index (χ0v) is 21.5. The van der Waals surface area contributed by atoms with Crippen LogP contribution in [0.2, 0.25) is 5.02 Å². The van der Waals surface area contributed by atoms with Gasteiger partial charge in [-0.3, -0.25) is 14.9 Å². The molecule has 7 nitrogen and oxygen atoms in total. The fourth-order valence-corrected chi connectivity index (χ4v) is 6.38. The lowest BCUT2D eigenvalue weighted by molar-refractivity contribution is -0.135. The topological polar surface area (TPSA) is 95.9 Å². The monoisotopic (exact) mass is 528 g/mol. The second kappa shape index (κ2) is 11.4. The highest BCUT2D eigenvalue weighted by atomic mass is 35.5. The summed E-state index contributed by atoms with van der Waals surface area (Å²) in [6, 6.07) is 21.6. The number of piperidine rings is 1. The highest BCUT2D eigenvalue weighted by Gasteiger charge is 2.40. The predicted molar refractivity (Wildman–Crippen MR) is 137 cm³/mol. The van der Waals surface area contributed by atoms with Crippen molar-refractivity contribution >= 4 is 27.3 Å². The zero-order chi connectivity index (χ0) is 25.7. The van der Waals surface area contributed by atoms with Gasteiger partial charge < -0.3 is 4.74 Å². The predicted octanol–water partition coefficient (Wildman–Crippen LogP) is 4.74. The van der Waals surface area contributed by atoms with Crippen molar-refractivity contribution in [3.05, 3.63) is 94.5 Å². The second-order valence-electron chi connectivity index (χ2n) is 9.04. The maximum absolute atomic E-state index is 13.7. The lowest BCUT2D eigenvalue weighted by atomic mass is 9.95. The second-order valence-corrected chi connectivity index (χ2v) is 11.6. The van der Waals surface area contributed by atoms with Gasteiger partial charge in [0.15, 0.2) is 9.84 Å². The van der Waals surface area contributed by atoms with Crippen LogP contribution in [0.1, 0.15) is 29.5 Å². The smallest absolute Gasteiger partial charge is 0.246 e.